The largest absolute Gasteiger partial charge is 0.390 e. The Kier molecular flexibility index (Phi) is 7.83. The molecule has 1 N–H and O–H groups in total. The Morgan fingerprint density at radius 3 is 2.22 bits per heavy atom. The number of nitrogens with zero attached hydrogens (tertiary/aromatic N) is 2. The van der Waals surface area contributed by atoms with Gasteiger partial charge < -0.3 is 14.7 Å². The van der Waals surface area contributed by atoms with Crippen LogP contribution in [0.5, 0.6) is 0 Å². The first-order chi connectivity index (χ1) is 12.3. The molecule has 0 amide bonds. The van der Waals surface area contributed by atoms with Gasteiger partial charge in [0.1, 0.15) is 0 Å². The molecule has 0 bridgehead atoms. The van der Waals surface area contributed by atoms with Crippen molar-refractivity contribution >= 4 is 5.69 Å². The van der Waals surface area contributed by atoms with Crippen molar-refractivity contribution in [2.75, 3.05) is 18.1 Å². The van der Waals surface area contributed by atoms with Crippen LogP contribution < -0.4 is 4.90 Å². The summed E-state index contributed by atoms with van der Waals surface area (Å²) in [4.78, 5) is 5.94. The molecular weight excluding hydrogens is 343 g/mol. The van der Waals surface area contributed by atoms with E-state index in [1.165, 1.54) is 0 Å². The molecule has 1 fully saturated rings. The minimum atomic E-state index is -0.562. The van der Waals surface area contributed by atoms with Crippen LogP contribution in [0.1, 0.15) is 73.8 Å². The van der Waals surface area contributed by atoms with Gasteiger partial charge >= 0.3 is 0 Å². The van der Waals surface area contributed by atoms with E-state index < -0.39 is 5.60 Å². The molecule has 4 nitrogen and oxygen atoms in total. The second-order valence-electron chi connectivity index (χ2n) is 9.12. The van der Waals surface area contributed by atoms with E-state index in [1.54, 1.807) is 6.20 Å². The zero-order valence-corrected chi connectivity index (χ0v) is 18.7. The molecule has 156 valence electrons. The van der Waals surface area contributed by atoms with Crippen LogP contribution in [0, 0.1) is 18.3 Å². The molecule has 1 atom stereocenters. The van der Waals surface area contributed by atoms with Crippen LogP contribution in [0.25, 0.3) is 0 Å². The molecule has 0 radical (unpaired) electrons. The van der Waals surface area contributed by atoms with Gasteiger partial charge in [0.15, 0.2) is 0 Å². The Morgan fingerprint density at radius 1 is 1.26 bits per heavy atom. The zero-order valence-electron chi connectivity index (χ0n) is 18.7. The molecule has 1 aromatic heterocycles. The van der Waals surface area contributed by atoms with Crippen molar-refractivity contribution < 1.29 is 14.2 Å². The summed E-state index contributed by atoms with van der Waals surface area (Å²) in [5.74, 6) is -0.388. The fourth-order valence-corrected chi connectivity index (χ4v) is 3.06. The first-order valence-electron chi connectivity index (χ1n) is 10.0. The SMILES string of the molecule is CC(C)(C)C(C)(C)O.CCC1(CC)OCCN(c2cc(C)cnc2F)[C@H]1C. The highest BCUT2D eigenvalue weighted by molar-refractivity contribution is 5.49. The lowest BCUT2D eigenvalue weighted by atomic mass is 9.79. The van der Waals surface area contributed by atoms with Crippen molar-refractivity contribution in [2.45, 2.75) is 92.4 Å². The topological polar surface area (TPSA) is 45.6 Å². The monoisotopic (exact) mass is 382 g/mol. The Hall–Kier alpha value is -1.20. The number of hydrogen-bond donors (Lipinski definition) is 1. The predicted octanol–water partition coefficient (Wildman–Crippen LogP) is 5.12. The Balaban J connectivity index is 0.000000387. The van der Waals surface area contributed by atoms with E-state index in [0.717, 1.165) is 18.4 Å². The molecule has 27 heavy (non-hydrogen) atoms. The van der Waals surface area contributed by atoms with Crippen molar-refractivity contribution in [1.82, 2.24) is 4.98 Å². The van der Waals surface area contributed by atoms with Gasteiger partial charge in [0, 0.05) is 12.7 Å². The number of ether oxygens (including phenoxy) is 1. The van der Waals surface area contributed by atoms with Crippen molar-refractivity contribution in [3.63, 3.8) is 0 Å². The van der Waals surface area contributed by atoms with E-state index in [1.807, 2.05) is 47.6 Å². The fraction of sp³-hybridized carbons (Fsp3) is 0.773. The maximum atomic E-state index is 14.0. The number of halogens is 1. The first-order valence-corrected chi connectivity index (χ1v) is 10.0. The average molecular weight is 383 g/mol. The molecule has 5 heteroatoms. The molecule has 1 saturated heterocycles. The molecule has 1 aliphatic heterocycles. The summed E-state index contributed by atoms with van der Waals surface area (Å²) in [7, 11) is 0. The normalized spacial score (nSPS) is 20.1. The molecule has 0 unspecified atom stereocenters. The van der Waals surface area contributed by atoms with E-state index in [9.17, 15) is 9.50 Å². The summed E-state index contributed by atoms with van der Waals surface area (Å²) in [6, 6.07) is 2.02. The Bertz CT molecular complexity index is 589. The van der Waals surface area contributed by atoms with E-state index >= 15 is 0 Å². The van der Waals surface area contributed by atoms with Gasteiger partial charge in [-0.2, -0.15) is 4.39 Å². The molecule has 1 aromatic rings. The molecule has 0 saturated carbocycles. The highest BCUT2D eigenvalue weighted by Crippen LogP contribution is 2.35. The van der Waals surface area contributed by atoms with Crippen LogP contribution >= 0.6 is 0 Å². The van der Waals surface area contributed by atoms with Crippen LogP contribution in [-0.2, 0) is 4.74 Å². The predicted molar refractivity (Wildman–Crippen MR) is 111 cm³/mol. The number of pyridine rings is 1. The molecule has 0 aliphatic carbocycles. The highest BCUT2D eigenvalue weighted by Gasteiger charge is 2.41. The van der Waals surface area contributed by atoms with Crippen molar-refractivity contribution in [1.29, 1.82) is 0 Å². The molecular formula is C22H39FN2O2. The summed E-state index contributed by atoms with van der Waals surface area (Å²) in [6.07, 6.45) is 3.43. The smallest absolute Gasteiger partial charge is 0.236 e. The highest BCUT2D eigenvalue weighted by atomic mass is 19.1. The van der Waals surface area contributed by atoms with Gasteiger partial charge in [0.2, 0.25) is 5.95 Å². The van der Waals surface area contributed by atoms with Crippen LogP contribution in [0.3, 0.4) is 0 Å². The van der Waals surface area contributed by atoms with Gasteiger partial charge in [-0.15, -0.1) is 0 Å². The van der Waals surface area contributed by atoms with Crippen LogP contribution in [0.2, 0.25) is 0 Å². The third kappa shape index (κ3) is 5.64. The van der Waals surface area contributed by atoms with E-state index in [-0.39, 0.29) is 23.0 Å². The molecule has 1 aliphatic rings. The van der Waals surface area contributed by atoms with Gasteiger partial charge in [-0.3, -0.25) is 0 Å². The number of aromatic nitrogens is 1. The summed E-state index contributed by atoms with van der Waals surface area (Å²) < 4.78 is 20.0. The van der Waals surface area contributed by atoms with Crippen molar-refractivity contribution in [3.8, 4) is 0 Å². The maximum Gasteiger partial charge on any atom is 0.236 e. The maximum absolute atomic E-state index is 14.0. The third-order valence-corrected chi connectivity index (χ3v) is 6.25. The number of aryl methyl sites for hydroxylation is 1. The lowest BCUT2D eigenvalue weighted by Gasteiger charge is -2.48. The molecule has 0 spiro atoms. The number of anilines is 1. The van der Waals surface area contributed by atoms with Gasteiger partial charge in [0.05, 0.1) is 29.5 Å². The number of rotatable bonds is 3. The number of hydrogen-bond acceptors (Lipinski definition) is 4. The second-order valence-corrected chi connectivity index (χ2v) is 9.12. The van der Waals surface area contributed by atoms with Gasteiger partial charge in [0.25, 0.3) is 0 Å². The van der Waals surface area contributed by atoms with E-state index in [4.69, 9.17) is 4.74 Å². The minimum Gasteiger partial charge on any atom is -0.390 e. The second kappa shape index (κ2) is 8.87. The summed E-state index contributed by atoms with van der Waals surface area (Å²) in [6.45, 7) is 19.4. The summed E-state index contributed by atoms with van der Waals surface area (Å²) >= 11 is 0. The van der Waals surface area contributed by atoms with E-state index in [0.29, 0.717) is 18.8 Å². The molecule has 2 rings (SSSR count). The van der Waals surface area contributed by atoms with Crippen molar-refractivity contribution in [3.05, 3.63) is 23.8 Å². The van der Waals surface area contributed by atoms with Crippen LogP contribution in [-0.4, -0.2) is 40.5 Å². The lowest BCUT2D eigenvalue weighted by Crippen LogP contribution is -2.58. The number of morpholine rings is 1. The average Bonchev–Trinajstić information content (AvgIpc) is 2.57. The standard InChI is InChI=1S/C15H23FN2O.C7H16O/c1-5-15(6-2)12(4)18(7-8-19-15)13-9-11(3)10-17-14(13)16;1-6(2,3)7(4,5)8/h9-10,12H,5-8H2,1-4H3;8H,1-5H3/t12-;/m0./s1. The van der Waals surface area contributed by atoms with Crippen LogP contribution in [0.4, 0.5) is 10.1 Å². The fourth-order valence-electron chi connectivity index (χ4n) is 3.06. The molecule has 0 aromatic carbocycles. The quantitative estimate of drug-likeness (QED) is 0.737. The van der Waals surface area contributed by atoms with Crippen molar-refractivity contribution in [2.24, 2.45) is 5.41 Å². The summed E-state index contributed by atoms with van der Waals surface area (Å²) in [5, 5.41) is 9.35. The Morgan fingerprint density at radius 2 is 1.78 bits per heavy atom. The van der Waals surface area contributed by atoms with Gasteiger partial charge in [-0.1, -0.05) is 34.6 Å². The van der Waals surface area contributed by atoms with E-state index in [2.05, 4.69) is 30.7 Å². The Labute approximate surface area is 165 Å². The lowest BCUT2D eigenvalue weighted by molar-refractivity contribution is -0.0851. The van der Waals surface area contributed by atoms with Gasteiger partial charge in [-0.05, 0) is 57.6 Å². The van der Waals surface area contributed by atoms with Gasteiger partial charge in [-0.25, -0.2) is 4.98 Å². The van der Waals surface area contributed by atoms with Crippen LogP contribution in [0.15, 0.2) is 12.3 Å². The first kappa shape index (κ1) is 23.8. The molecule has 2 heterocycles. The summed E-state index contributed by atoms with van der Waals surface area (Å²) in [5.41, 5.74) is 0.824. The number of aliphatic hydroxyl groups is 1. The minimum absolute atomic E-state index is 0.00694. The third-order valence-electron chi connectivity index (χ3n) is 6.25. The zero-order chi connectivity index (χ0) is 21.0.